The van der Waals surface area contributed by atoms with Crippen LogP contribution in [0.2, 0.25) is 5.02 Å². The number of carbonyl (C=O) groups is 1. The number of hydrogen-bond donors (Lipinski definition) is 1. The maximum Gasteiger partial charge on any atom is 0.268 e. The largest absolute Gasteiger partial charge is 0.347 e. The summed E-state index contributed by atoms with van der Waals surface area (Å²) in [5.41, 5.74) is 2.21. The van der Waals surface area contributed by atoms with Gasteiger partial charge in [0.05, 0.1) is 12.8 Å². The Morgan fingerprint density at radius 3 is 2.68 bits per heavy atom. The molecule has 0 unspecified atom stereocenters. The van der Waals surface area contributed by atoms with Crippen LogP contribution in [0.4, 0.5) is 0 Å². The zero-order valence-corrected chi connectivity index (χ0v) is 15.5. The maximum absolute atomic E-state index is 12.5. The van der Waals surface area contributed by atoms with Crippen molar-refractivity contribution in [3.63, 3.8) is 0 Å². The van der Waals surface area contributed by atoms with Crippen molar-refractivity contribution in [2.24, 2.45) is 0 Å². The van der Waals surface area contributed by atoms with E-state index in [9.17, 15) is 13.2 Å². The normalized spacial score (nSPS) is 15.4. The van der Waals surface area contributed by atoms with Crippen LogP contribution in [-0.2, 0) is 29.7 Å². The molecule has 0 radical (unpaired) electrons. The molecule has 0 aliphatic carbocycles. The van der Waals surface area contributed by atoms with Crippen LogP contribution in [-0.4, -0.2) is 36.0 Å². The van der Waals surface area contributed by atoms with Crippen molar-refractivity contribution < 1.29 is 13.2 Å². The molecule has 2 aromatic rings. The lowest BCUT2D eigenvalue weighted by Crippen LogP contribution is -2.29. The molecule has 8 heteroatoms. The van der Waals surface area contributed by atoms with Crippen LogP contribution < -0.4 is 5.32 Å². The monoisotopic (exact) mass is 381 g/mol. The van der Waals surface area contributed by atoms with E-state index >= 15 is 0 Å². The maximum atomic E-state index is 12.5. The van der Waals surface area contributed by atoms with E-state index < -0.39 is 10.0 Å². The Morgan fingerprint density at radius 1 is 1.20 bits per heavy atom. The first-order valence-electron chi connectivity index (χ1n) is 8.01. The Balaban J connectivity index is 1.75. The molecule has 1 aliphatic heterocycles. The van der Waals surface area contributed by atoms with Gasteiger partial charge in [-0.15, -0.1) is 0 Å². The van der Waals surface area contributed by atoms with Gasteiger partial charge < -0.3 is 9.88 Å². The molecular formula is C17H20ClN3O3S. The van der Waals surface area contributed by atoms with Crippen molar-refractivity contribution in [1.82, 2.24) is 14.2 Å². The number of aromatic nitrogens is 1. The lowest BCUT2D eigenvalue weighted by molar-refractivity contribution is 0.0941. The van der Waals surface area contributed by atoms with E-state index in [2.05, 4.69) is 5.32 Å². The number of hydrogen-bond acceptors (Lipinski definition) is 3. The number of carbonyl (C=O) groups excluding carboxylic acids is 1. The molecule has 0 atom stereocenters. The van der Waals surface area contributed by atoms with E-state index in [0.717, 1.165) is 11.3 Å². The van der Waals surface area contributed by atoms with Gasteiger partial charge in [0.2, 0.25) is 10.0 Å². The summed E-state index contributed by atoms with van der Waals surface area (Å²) in [6, 6.07) is 10.9. The third-order valence-electron chi connectivity index (χ3n) is 4.30. The molecule has 1 N–H and O–H groups in total. The number of benzene rings is 1. The highest BCUT2D eigenvalue weighted by molar-refractivity contribution is 7.88. The number of fused-ring (bicyclic) bond motifs is 1. The highest BCUT2D eigenvalue weighted by Gasteiger charge is 2.24. The standard InChI is InChI=1S/C17H20ClN3O3S/c1-25(23,24)20-9-4-10-21-14(12-20)7-8-16(21)17(22)19-11-13-5-2-3-6-15(13)18/h2-3,5-8H,4,9-12H2,1H3,(H,19,22). The molecule has 1 amide bonds. The van der Waals surface area contributed by atoms with Gasteiger partial charge in [-0.3, -0.25) is 4.79 Å². The second-order valence-corrected chi connectivity index (χ2v) is 8.48. The fraction of sp³-hybridized carbons (Fsp3) is 0.353. The third kappa shape index (κ3) is 4.05. The van der Waals surface area contributed by atoms with Crippen molar-refractivity contribution >= 4 is 27.5 Å². The van der Waals surface area contributed by atoms with Crippen LogP contribution >= 0.6 is 11.6 Å². The van der Waals surface area contributed by atoms with Crippen LogP contribution in [0.5, 0.6) is 0 Å². The summed E-state index contributed by atoms with van der Waals surface area (Å²) in [6.07, 6.45) is 1.88. The summed E-state index contributed by atoms with van der Waals surface area (Å²) < 4.78 is 26.9. The molecule has 25 heavy (non-hydrogen) atoms. The first-order chi connectivity index (χ1) is 11.9. The van der Waals surface area contributed by atoms with E-state index in [1.54, 1.807) is 12.1 Å². The Bertz CT molecular complexity index is 892. The zero-order chi connectivity index (χ0) is 18.0. The number of amides is 1. The van der Waals surface area contributed by atoms with Crippen molar-refractivity contribution in [2.75, 3.05) is 12.8 Å². The van der Waals surface area contributed by atoms with Crippen LogP contribution in [0.15, 0.2) is 36.4 Å². The number of nitrogens with zero attached hydrogens (tertiary/aromatic N) is 2. The van der Waals surface area contributed by atoms with Crippen molar-refractivity contribution in [1.29, 1.82) is 0 Å². The first kappa shape index (κ1) is 18.0. The van der Waals surface area contributed by atoms with Gasteiger partial charge in [-0.2, -0.15) is 4.31 Å². The minimum atomic E-state index is -3.25. The lowest BCUT2D eigenvalue weighted by atomic mass is 10.2. The van der Waals surface area contributed by atoms with Gasteiger partial charge in [-0.1, -0.05) is 29.8 Å². The van der Waals surface area contributed by atoms with Gasteiger partial charge in [-0.25, -0.2) is 8.42 Å². The second kappa shape index (κ2) is 7.19. The van der Waals surface area contributed by atoms with E-state index in [1.807, 2.05) is 28.8 Å². The topological polar surface area (TPSA) is 71.4 Å². The minimum Gasteiger partial charge on any atom is -0.347 e. The van der Waals surface area contributed by atoms with Gasteiger partial charge in [0, 0.05) is 30.4 Å². The Kier molecular flexibility index (Phi) is 5.17. The van der Waals surface area contributed by atoms with Gasteiger partial charge >= 0.3 is 0 Å². The van der Waals surface area contributed by atoms with Crippen LogP contribution in [0.1, 0.15) is 28.2 Å². The van der Waals surface area contributed by atoms with Crippen molar-refractivity contribution in [3.8, 4) is 0 Å². The molecule has 0 spiro atoms. The Hall–Kier alpha value is -1.83. The highest BCUT2D eigenvalue weighted by atomic mass is 35.5. The van der Waals surface area contributed by atoms with Crippen molar-refractivity contribution in [2.45, 2.75) is 26.1 Å². The van der Waals surface area contributed by atoms with Crippen LogP contribution in [0.3, 0.4) is 0 Å². The Morgan fingerprint density at radius 2 is 1.96 bits per heavy atom. The zero-order valence-electron chi connectivity index (χ0n) is 13.9. The predicted octanol–water partition coefficient (Wildman–Crippen LogP) is 2.24. The third-order valence-corrected chi connectivity index (χ3v) is 5.92. The smallest absolute Gasteiger partial charge is 0.268 e. The SMILES string of the molecule is CS(=O)(=O)N1CCCn2c(ccc2C(=O)NCc2ccccc2Cl)C1. The van der Waals surface area contributed by atoms with Gasteiger partial charge in [0.1, 0.15) is 5.69 Å². The van der Waals surface area contributed by atoms with E-state index in [0.29, 0.717) is 36.8 Å². The summed E-state index contributed by atoms with van der Waals surface area (Å²) in [5.74, 6) is -0.195. The minimum absolute atomic E-state index is 0.195. The van der Waals surface area contributed by atoms with E-state index in [1.165, 1.54) is 10.6 Å². The van der Waals surface area contributed by atoms with Crippen LogP contribution in [0, 0.1) is 0 Å². The summed E-state index contributed by atoms with van der Waals surface area (Å²) in [6.45, 7) is 1.70. The summed E-state index contributed by atoms with van der Waals surface area (Å²) in [7, 11) is -3.25. The molecule has 2 heterocycles. The fourth-order valence-electron chi connectivity index (χ4n) is 2.97. The Labute approximate surface area is 152 Å². The van der Waals surface area contributed by atoms with Gasteiger partial charge in [0.25, 0.3) is 5.91 Å². The summed E-state index contributed by atoms with van der Waals surface area (Å²) >= 11 is 6.11. The highest BCUT2D eigenvalue weighted by Crippen LogP contribution is 2.19. The van der Waals surface area contributed by atoms with E-state index in [-0.39, 0.29) is 12.5 Å². The molecule has 1 aliphatic rings. The molecule has 1 aromatic heterocycles. The first-order valence-corrected chi connectivity index (χ1v) is 10.2. The summed E-state index contributed by atoms with van der Waals surface area (Å²) in [5, 5.41) is 3.49. The van der Waals surface area contributed by atoms with Gasteiger partial charge in [0.15, 0.2) is 0 Å². The molecule has 0 saturated carbocycles. The number of sulfonamides is 1. The molecule has 0 saturated heterocycles. The number of rotatable bonds is 4. The lowest BCUT2D eigenvalue weighted by Gasteiger charge is -2.16. The summed E-state index contributed by atoms with van der Waals surface area (Å²) in [4.78, 5) is 12.5. The molecule has 3 rings (SSSR count). The molecule has 1 aromatic carbocycles. The number of nitrogens with one attached hydrogen (secondary N) is 1. The molecule has 0 fully saturated rings. The second-order valence-electron chi connectivity index (χ2n) is 6.09. The average molecular weight is 382 g/mol. The predicted molar refractivity (Wildman–Crippen MR) is 96.9 cm³/mol. The quantitative estimate of drug-likeness (QED) is 0.882. The van der Waals surface area contributed by atoms with Gasteiger partial charge in [-0.05, 0) is 30.2 Å². The molecular weight excluding hydrogens is 362 g/mol. The molecule has 134 valence electrons. The van der Waals surface area contributed by atoms with Crippen molar-refractivity contribution in [3.05, 3.63) is 58.4 Å². The fourth-order valence-corrected chi connectivity index (χ4v) is 4.00. The molecule has 0 bridgehead atoms. The number of halogens is 1. The van der Waals surface area contributed by atoms with Crippen LogP contribution in [0.25, 0.3) is 0 Å². The van der Waals surface area contributed by atoms with E-state index in [4.69, 9.17) is 11.6 Å². The molecule has 6 nitrogen and oxygen atoms in total. The average Bonchev–Trinajstić information content (AvgIpc) is 2.82.